The SMILES string of the molecule is CN/C(=C\S)C[C@H](N)C(=O)N1CCC[C@@H](C(=O)OCC(C)(C)C)N1. The molecule has 1 heterocycles. The molecule has 1 amide bonds. The van der Waals surface area contributed by atoms with Crippen molar-refractivity contribution in [2.75, 3.05) is 20.2 Å². The van der Waals surface area contributed by atoms with Gasteiger partial charge in [0.25, 0.3) is 5.91 Å². The maximum absolute atomic E-state index is 12.5. The Morgan fingerprint density at radius 2 is 2.17 bits per heavy atom. The molecule has 0 radical (unpaired) electrons. The molecule has 7 nitrogen and oxygen atoms in total. The van der Waals surface area contributed by atoms with Gasteiger partial charge in [0.05, 0.1) is 12.6 Å². The number of hydrazine groups is 1. The second-order valence-corrected chi connectivity index (χ2v) is 7.46. The lowest BCUT2D eigenvalue weighted by atomic mass is 9.98. The van der Waals surface area contributed by atoms with E-state index in [9.17, 15) is 9.59 Å². The molecule has 0 spiro atoms. The summed E-state index contributed by atoms with van der Waals surface area (Å²) in [5.41, 5.74) is 9.61. The summed E-state index contributed by atoms with van der Waals surface area (Å²) < 4.78 is 5.33. The van der Waals surface area contributed by atoms with Crippen LogP contribution in [0.2, 0.25) is 0 Å². The van der Waals surface area contributed by atoms with E-state index >= 15 is 0 Å². The minimum absolute atomic E-state index is 0.0923. The van der Waals surface area contributed by atoms with Gasteiger partial charge in [-0.25, -0.2) is 5.43 Å². The van der Waals surface area contributed by atoms with Crippen LogP contribution in [0.5, 0.6) is 0 Å². The van der Waals surface area contributed by atoms with E-state index in [0.29, 0.717) is 26.0 Å². The molecule has 0 bridgehead atoms. The van der Waals surface area contributed by atoms with Crippen LogP contribution in [0.4, 0.5) is 0 Å². The van der Waals surface area contributed by atoms with Crippen molar-refractivity contribution in [2.45, 2.75) is 52.1 Å². The van der Waals surface area contributed by atoms with Crippen LogP contribution in [0.25, 0.3) is 0 Å². The summed E-state index contributed by atoms with van der Waals surface area (Å²) in [5, 5.41) is 5.96. The molecule has 0 aromatic rings. The van der Waals surface area contributed by atoms with Gasteiger partial charge in [-0.1, -0.05) is 20.8 Å². The van der Waals surface area contributed by atoms with Crippen LogP contribution >= 0.6 is 12.6 Å². The molecule has 1 aliphatic rings. The number of ether oxygens (including phenoxy) is 1. The standard InChI is InChI=1S/C16H30N4O3S/c1-16(2,3)10-23-15(22)13-6-5-7-20(19-13)14(21)12(17)8-11(9-24)18-4/h9,12-13,18-19,24H,5-8,10,17H2,1-4H3/b11-9-/t12-,13-/m0/s1. The average Bonchev–Trinajstić information content (AvgIpc) is 2.56. The highest BCUT2D eigenvalue weighted by molar-refractivity contribution is 7.83. The number of carbonyl (C=O) groups is 2. The largest absolute Gasteiger partial charge is 0.464 e. The third kappa shape index (κ3) is 6.70. The summed E-state index contributed by atoms with van der Waals surface area (Å²) in [6.45, 7) is 6.86. The zero-order valence-electron chi connectivity index (χ0n) is 15.0. The lowest BCUT2D eigenvalue weighted by molar-refractivity contribution is -0.154. The van der Waals surface area contributed by atoms with Crippen molar-refractivity contribution in [3.8, 4) is 0 Å². The van der Waals surface area contributed by atoms with Gasteiger partial charge in [-0.05, 0) is 23.7 Å². The zero-order valence-corrected chi connectivity index (χ0v) is 15.9. The van der Waals surface area contributed by atoms with E-state index in [1.54, 1.807) is 12.5 Å². The maximum atomic E-state index is 12.5. The third-order valence-corrected chi connectivity index (χ3v) is 3.93. The normalized spacial score (nSPS) is 20.5. The van der Waals surface area contributed by atoms with Crippen LogP contribution in [0.1, 0.15) is 40.0 Å². The van der Waals surface area contributed by atoms with Crippen LogP contribution in [0.3, 0.4) is 0 Å². The van der Waals surface area contributed by atoms with Crippen LogP contribution in [0.15, 0.2) is 11.1 Å². The monoisotopic (exact) mass is 358 g/mol. The minimum atomic E-state index is -0.701. The van der Waals surface area contributed by atoms with Crippen molar-refractivity contribution in [3.63, 3.8) is 0 Å². The predicted octanol–water partition coefficient (Wildman–Crippen LogP) is 0.779. The molecule has 2 atom stereocenters. The molecular weight excluding hydrogens is 328 g/mol. The molecule has 0 aromatic carbocycles. The summed E-state index contributed by atoms with van der Waals surface area (Å²) in [6.07, 6.45) is 1.72. The van der Waals surface area contributed by atoms with Crippen molar-refractivity contribution in [1.82, 2.24) is 15.8 Å². The van der Waals surface area contributed by atoms with Crippen molar-refractivity contribution in [1.29, 1.82) is 0 Å². The Hall–Kier alpha value is -1.25. The fraction of sp³-hybridized carbons (Fsp3) is 0.750. The first-order chi connectivity index (χ1) is 11.2. The van der Waals surface area contributed by atoms with E-state index in [1.165, 1.54) is 5.01 Å². The van der Waals surface area contributed by atoms with Gasteiger partial charge in [0, 0.05) is 25.7 Å². The smallest absolute Gasteiger partial charge is 0.324 e. The van der Waals surface area contributed by atoms with E-state index in [0.717, 1.165) is 12.1 Å². The van der Waals surface area contributed by atoms with E-state index in [1.807, 2.05) is 20.8 Å². The van der Waals surface area contributed by atoms with Gasteiger partial charge in [0.2, 0.25) is 0 Å². The fourth-order valence-electron chi connectivity index (χ4n) is 2.25. The molecule has 1 saturated heterocycles. The number of hydrogen-bond donors (Lipinski definition) is 4. The molecule has 0 aromatic heterocycles. The Labute approximate surface area is 149 Å². The highest BCUT2D eigenvalue weighted by Gasteiger charge is 2.31. The van der Waals surface area contributed by atoms with Gasteiger partial charge >= 0.3 is 5.97 Å². The molecule has 1 aliphatic heterocycles. The Kier molecular flexibility index (Phi) is 8.05. The number of carbonyl (C=O) groups excluding carboxylic acids is 2. The predicted molar refractivity (Wildman–Crippen MR) is 97.0 cm³/mol. The molecule has 1 rings (SSSR count). The number of nitrogens with zero attached hydrogens (tertiary/aromatic N) is 1. The lowest BCUT2D eigenvalue weighted by Crippen LogP contribution is -2.59. The molecule has 1 fully saturated rings. The van der Waals surface area contributed by atoms with Gasteiger partial charge in [0.1, 0.15) is 6.04 Å². The van der Waals surface area contributed by atoms with E-state index in [4.69, 9.17) is 10.5 Å². The Bertz CT molecular complexity index is 476. The number of thiol groups is 1. The number of nitrogens with one attached hydrogen (secondary N) is 2. The second-order valence-electron chi connectivity index (χ2n) is 7.20. The van der Waals surface area contributed by atoms with E-state index in [2.05, 4.69) is 23.4 Å². The molecule has 0 saturated carbocycles. The van der Waals surface area contributed by atoms with Crippen molar-refractivity contribution >= 4 is 24.5 Å². The van der Waals surface area contributed by atoms with Gasteiger partial charge < -0.3 is 15.8 Å². The average molecular weight is 359 g/mol. The van der Waals surface area contributed by atoms with Gasteiger partial charge in [-0.15, -0.1) is 12.6 Å². The highest BCUT2D eigenvalue weighted by atomic mass is 32.1. The van der Waals surface area contributed by atoms with Gasteiger partial charge in [-0.2, -0.15) is 0 Å². The summed E-state index contributed by atoms with van der Waals surface area (Å²) >= 11 is 4.07. The summed E-state index contributed by atoms with van der Waals surface area (Å²) in [6, 6.07) is -1.21. The number of rotatable bonds is 6. The fourth-order valence-corrected chi connectivity index (χ4v) is 2.48. The van der Waals surface area contributed by atoms with E-state index < -0.39 is 12.1 Å². The Balaban J connectivity index is 2.58. The zero-order chi connectivity index (χ0) is 18.3. The molecule has 0 aliphatic carbocycles. The molecule has 4 N–H and O–H groups in total. The van der Waals surface area contributed by atoms with Crippen LogP contribution in [-0.4, -0.2) is 49.2 Å². The van der Waals surface area contributed by atoms with E-state index in [-0.39, 0.29) is 17.3 Å². The topological polar surface area (TPSA) is 96.7 Å². The number of nitrogens with two attached hydrogens (primary N) is 1. The summed E-state index contributed by atoms with van der Waals surface area (Å²) in [4.78, 5) is 24.6. The van der Waals surface area contributed by atoms with Gasteiger partial charge in [0.15, 0.2) is 0 Å². The molecular formula is C16H30N4O3S. The van der Waals surface area contributed by atoms with Crippen molar-refractivity contribution < 1.29 is 14.3 Å². The second kappa shape index (κ2) is 9.29. The number of esters is 1. The maximum Gasteiger partial charge on any atom is 0.324 e. The Morgan fingerprint density at radius 3 is 2.71 bits per heavy atom. The van der Waals surface area contributed by atoms with Crippen molar-refractivity contribution in [3.05, 3.63) is 11.1 Å². The summed E-state index contributed by atoms with van der Waals surface area (Å²) in [7, 11) is 1.75. The lowest BCUT2D eigenvalue weighted by Gasteiger charge is -2.34. The third-order valence-electron chi connectivity index (χ3n) is 3.62. The first-order valence-corrected chi connectivity index (χ1v) is 8.70. The quantitative estimate of drug-likeness (QED) is 0.414. The molecule has 8 heteroatoms. The van der Waals surface area contributed by atoms with Crippen LogP contribution in [0, 0.1) is 5.41 Å². The first-order valence-electron chi connectivity index (χ1n) is 8.18. The van der Waals surface area contributed by atoms with Crippen LogP contribution in [-0.2, 0) is 14.3 Å². The molecule has 0 unspecified atom stereocenters. The molecule has 24 heavy (non-hydrogen) atoms. The summed E-state index contributed by atoms with van der Waals surface area (Å²) in [5.74, 6) is -0.576. The van der Waals surface area contributed by atoms with Crippen molar-refractivity contribution in [2.24, 2.45) is 11.1 Å². The minimum Gasteiger partial charge on any atom is -0.464 e. The first kappa shape index (κ1) is 20.8. The van der Waals surface area contributed by atoms with Crippen LogP contribution < -0.4 is 16.5 Å². The van der Waals surface area contributed by atoms with Gasteiger partial charge in [-0.3, -0.25) is 14.6 Å². The molecule has 138 valence electrons. The number of amides is 1. The Morgan fingerprint density at radius 1 is 1.50 bits per heavy atom. The number of hydrogen-bond acceptors (Lipinski definition) is 7. The highest BCUT2D eigenvalue weighted by Crippen LogP contribution is 2.16.